The second-order valence-corrected chi connectivity index (χ2v) is 6.21. The van der Waals surface area contributed by atoms with Crippen molar-refractivity contribution < 1.29 is 14.0 Å². The van der Waals surface area contributed by atoms with Gasteiger partial charge in [-0.25, -0.2) is 16.1 Å². The summed E-state index contributed by atoms with van der Waals surface area (Å²) in [6.45, 7) is 0. The molecule has 6 N–H and O–H groups in total. The maximum atomic E-state index is 13.6. The molecule has 0 heterocycles. The lowest BCUT2D eigenvalue weighted by Gasteiger charge is -2.11. The van der Waals surface area contributed by atoms with Crippen molar-refractivity contribution in [1.82, 2.24) is 10.9 Å². The number of hydrazine groups is 2. The van der Waals surface area contributed by atoms with Crippen molar-refractivity contribution in [2.75, 3.05) is 0 Å². The number of carbonyl (C=O) groups is 2. The van der Waals surface area contributed by atoms with Crippen molar-refractivity contribution in [1.29, 1.82) is 0 Å². The van der Waals surface area contributed by atoms with Crippen LogP contribution < -0.4 is 22.5 Å². The maximum Gasteiger partial charge on any atom is 0.265 e. The standard InChI is InChI=1S/C22H19FN4O2/c23-19-3-1-2-14(12-19)13-20(15-4-8-17(9-5-15)21(28)26-24)16-6-10-18(11-7-16)22(29)27-25/h1-13H,24-25H2,(H,26,28)(H,27,29). The van der Waals surface area contributed by atoms with Crippen LogP contribution in [0.25, 0.3) is 11.6 Å². The van der Waals surface area contributed by atoms with Gasteiger partial charge in [0.15, 0.2) is 0 Å². The largest absolute Gasteiger partial charge is 0.290 e. The summed E-state index contributed by atoms with van der Waals surface area (Å²) >= 11 is 0. The number of amides is 2. The molecule has 2 amide bonds. The highest BCUT2D eigenvalue weighted by Gasteiger charge is 2.10. The fraction of sp³-hybridized carbons (Fsp3) is 0. The number of nitrogen functional groups attached to an aromatic ring is 2. The third-order valence-corrected chi connectivity index (χ3v) is 4.34. The Morgan fingerprint density at radius 1 is 0.724 bits per heavy atom. The molecule has 3 aromatic rings. The second-order valence-electron chi connectivity index (χ2n) is 6.21. The number of hydrogen-bond donors (Lipinski definition) is 4. The summed E-state index contributed by atoms with van der Waals surface area (Å²) in [6.07, 6.45) is 1.83. The summed E-state index contributed by atoms with van der Waals surface area (Å²) in [5, 5.41) is 0. The van der Waals surface area contributed by atoms with E-state index in [4.69, 9.17) is 11.7 Å². The summed E-state index contributed by atoms with van der Waals surface area (Å²) in [4.78, 5) is 23.4. The summed E-state index contributed by atoms with van der Waals surface area (Å²) in [6, 6.07) is 19.9. The molecule has 0 aromatic heterocycles. The van der Waals surface area contributed by atoms with E-state index in [-0.39, 0.29) is 5.82 Å². The van der Waals surface area contributed by atoms with Gasteiger partial charge in [0, 0.05) is 11.1 Å². The van der Waals surface area contributed by atoms with Crippen LogP contribution in [0.2, 0.25) is 0 Å². The van der Waals surface area contributed by atoms with Gasteiger partial charge < -0.3 is 0 Å². The Balaban J connectivity index is 2.07. The van der Waals surface area contributed by atoms with Crippen LogP contribution in [0.15, 0.2) is 72.8 Å². The molecule has 0 aliphatic rings. The molecule has 0 fully saturated rings. The first-order valence-electron chi connectivity index (χ1n) is 8.72. The lowest BCUT2D eigenvalue weighted by molar-refractivity contribution is 0.0945. The molecule has 0 atom stereocenters. The Kier molecular flexibility index (Phi) is 6.13. The SMILES string of the molecule is NNC(=O)c1ccc(C(=Cc2cccc(F)c2)c2ccc(C(=O)NN)cc2)cc1. The van der Waals surface area contributed by atoms with Gasteiger partial charge >= 0.3 is 0 Å². The van der Waals surface area contributed by atoms with E-state index in [9.17, 15) is 14.0 Å². The summed E-state index contributed by atoms with van der Waals surface area (Å²) in [7, 11) is 0. The Morgan fingerprint density at radius 2 is 1.17 bits per heavy atom. The average Bonchev–Trinajstić information content (AvgIpc) is 2.77. The molecular weight excluding hydrogens is 371 g/mol. The molecule has 3 rings (SSSR count). The van der Waals surface area contributed by atoms with E-state index in [1.54, 1.807) is 60.7 Å². The van der Waals surface area contributed by atoms with E-state index in [0.717, 1.165) is 16.7 Å². The van der Waals surface area contributed by atoms with Crippen molar-refractivity contribution in [2.24, 2.45) is 11.7 Å². The first-order valence-corrected chi connectivity index (χ1v) is 8.72. The maximum absolute atomic E-state index is 13.6. The Bertz CT molecular complexity index is 999. The second kappa shape index (κ2) is 8.92. The quantitative estimate of drug-likeness (QED) is 0.232. The third-order valence-electron chi connectivity index (χ3n) is 4.34. The Morgan fingerprint density at radius 3 is 1.59 bits per heavy atom. The number of halogens is 1. The van der Waals surface area contributed by atoms with E-state index < -0.39 is 11.8 Å². The van der Waals surface area contributed by atoms with Gasteiger partial charge in [-0.1, -0.05) is 36.4 Å². The smallest absolute Gasteiger partial charge is 0.265 e. The molecule has 7 heteroatoms. The first-order chi connectivity index (χ1) is 14.0. The van der Waals surface area contributed by atoms with Crippen molar-refractivity contribution >= 4 is 23.5 Å². The average molecular weight is 390 g/mol. The lowest BCUT2D eigenvalue weighted by Crippen LogP contribution is -2.29. The minimum Gasteiger partial charge on any atom is -0.290 e. The van der Waals surface area contributed by atoms with Crippen LogP contribution in [0.4, 0.5) is 4.39 Å². The van der Waals surface area contributed by atoms with Crippen molar-refractivity contribution in [2.45, 2.75) is 0 Å². The molecule has 0 aliphatic carbocycles. The Hall–Kier alpha value is -3.81. The number of carbonyl (C=O) groups excluding carboxylic acids is 2. The van der Waals surface area contributed by atoms with Crippen molar-refractivity contribution in [3.05, 3.63) is 106 Å². The number of hydrogen-bond acceptors (Lipinski definition) is 4. The summed E-state index contributed by atoms with van der Waals surface area (Å²) in [5.74, 6) is 9.20. The van der Waals surface area contributed by atoms with E-state index in [0.29, 0.717) is 16.7 Å². The van der Waals surface area contributed by atoms with Gasteiger partial charge in [-0.2, -0.15) is 0 Å². The van der Waals surface area contributed by atoms with Crippen LogP contribution in [0, 0.1) is 5.82 Å². The zero-order chi connectivity index (χ0) is 20.8. The van der Waals surface area contributed by atoms with Crippen LogP contribution in [0.3, 0.4) is 0 Å². The predicted molar refractivity (Wildman–Crippen MR) is 110 cm³/mol. The van der Waals surface area contributed by atoms with E-state index >= 15 is 0 Å². The van der Waals surface area contributed by atoms with Gasteiger partial charge in [0.05, 0.1) is 0 Å². The predicted octanol–water partition coefficient (Wildman–Crippen LogP) is 2.62. The minimum absolute atomic E-state index is 0.344. The molecule has 0 aliphatic heterocycles. The van der Waals surface area contributed by atoms with Crippen LogP contribution >= 0.6 is 0 Å². The summed E-state index contributed by atoms with van der Waals surface area (Å²) < 4.78 is 13.6. The lowest BCUT2D eigenvalue weighted by atomic mass is 9.94. The van der Waals surface area contributed by atoms with Gasteiger partial charge in [0.2, 0.25) is 0 Å². The molecule has 0 radical (unpaired) electrons. The Labute approximate surface area is 167 Å². The number of nitrogens with two attached hydrogens (primary N) is 2. The van der Waals surface area contributed by atoms with E-state index in [2.05, 4.69) is 10.9 Å². The number of benzene rings is 3. The zero-order valence-electron chi connectivity index (χ0n) is 15.4. The normalized spacial score (nSPS) is 10.2. The van der Waals surface area contributed by atoms with Gasteiger partial charge in [-0.15, -0.1) is 0 Å². The van der Waals surface area contributed by atoms with E-state index in [1.807, 2.05) is 6.08 Å². The molecular formula is C22H19FN4O2. The highest BCUT2D eigenvalue weighted by atomic mass is 19.1. The third kappa shape index (κ3) is 4.73. The summed E-state index contributed by atoms with van der Waals surface area (Å²) in [5.41, 5.74) is 8.07. The van der Waals surface area contributed by atoms with Crippen LogP contribution in [-0.2, 0) is 0 Å². The molecule has 6 nitrogen and oxygen atoms in total. The first kappa shape index (κ1) is 19.9. The fourth-order valence-electron chi connectivity index (χ4n) is 2.87. The molecule has 0 unspecified atom stereocenters. The molecule has 29 heavy (non-hydrogen) atoms. The molecule has 0 spiro atoms. The minimum atomic E-state index is -0.399. The van der Waals surface area contributed by atoms with Crippen LogP contribution in [0.1, 0.15) is 37.4 Å². The number of rotatable bonds is 5. The van der Waals surface area contributed by atoms with Gasteiger partial charge in [0.25, 0.3) is 11.8 Å². The molecule has 0 saturated heterocycles. The monoisotopic (exact) mass is 390 g/mol. The van der Waals surface area contributed by atoms with Crippen molar-refractivity contribution in [3.8, 4) is 0 Å². The highest BCUT2D eigenvalue weighted by Crippen LogP contribution is 2.27. The molecule has 146 valence electrons. The molecule has 0 saturated carbocycles. The van der Waals surface area contributed by atoms with Gasteiger partial charge in [-0.05, 0) is 64.7 Å². The number of nitrogens with one attached hydrogen (secondary N) is 2. The van der Waals surface area contributed by atoms with Gasteiger partial charge in [0.1, 0.15) is 5.82 Å². The van der Waals surface area contributed by atoms with Crippen LogP contribution in [-0.4, -0.2) is 11.8 Å². The molecule has 0 bridgehead atoms. The topological polar surface area (TPSA) is 110 Å². The van der Waals surface area contributed by atoms with Crippen molar-refractivity contribution in [3.63, 3.8) is 0 Å². The van der Waals surface area contributed by atoms with E-state index in [1.165, 1.54) is 12.1 Å². The fourth-order valence-corrected chi connectivity index (χ4v) is 2.87. The zero-order valence-corrected chi connectivity index (χ0v) is 15.4. The molecule has 3 aromatic carbocycles. The van der Waals surface area contributed by atoms with Crippen LogP contribution in [0.5, 0.6) is 0 Å². The highest BCUT2D eigenvalue weighted by molar-refractivity contribution is 5.97. The van der Waals surface area contributed by atoms with Gasteiger partial charge in [-0.3, -0.25) is 20.4 Å².